The molecule has 2 saturated heterocycles. The molecule has 0 bridgehead atoms. The van der Waals surface area contributed by atoms with Gasteiger partial charge in [-0.05, 0) is 25.3 Å². The maximum atomic E-state index is 15.5. The summed E-state index contributed by atoms with van der Waals surface area (Å²) in [6, 6.07) is 2.65. The van der Waals surface area contributed by atoms with Gasteiger partial charge < -0.3 is 35.2 Å². The third-order valence-electron chi connectivity index (χ3n) is 6.98. The van der Waals surface area contributed by atoms with E-state index in [2.05, 4.69) is 25.5 Å². The summed E-state index contributed by atoms with van der Waals surface area (Å²) in [6.07, 6.45) is -2.18. The molecule has 1 aromatic heterocycles. The van der Waals surface area contributed by atoms with Crippen LogP contribution in [0.1, 0.15) is 0 Å². The molecule has 40 heavy (non-hydrogen) atoms. The van der Waals surface area contributed by atoms with E-state index in [0.29, 0.717) is 75.8 Å². The molecule has 14 heteroatoms. The molecule has 3 N–H and O–H groups in total. The first-order valence-corrected chi connectivity index (χ1v) is 12.8. The van der Waals surface area contributed by atoms with Gasteiger partial charge >= 0.3 is 6.18 Å². The lowest BCUT2D eigenvalue weighted by atomic mass is 10.0. The van der Waals surface area contributed by atoms with Crippen LogP contribution in [-0.4, -0.2) is 97.8 Å². The van der Waals surface area contributed by atoms with Gasteiger partial charge in [-0.15, -0.1) is 0 Å². The van der Waals surface area contributed by atoms with Gasteiger partial charge in [-0.1, -0.05) is 0 Å². The van der Waals surface area contributed by atoms with E-state index in [1.165, 1.54) is 24.5 Å². The zero-order chi connectivity index (χ0) is 28.4. The van der Waals surface area contributed by atoms with Crippen LogP contribution in [0.15, 0.2) is 47.9 Å². The Bertz CT molecular complexity index is 1300. The van der Waals surface area contributed by atoms with Gasteiger partial charge in [-0.2, -0.15) is 13.2 Å². The zero-order valence-corrected chi connectivity index (χ0v) is 21.7. The number of carbonyl (C=O) groups is 1. The van der Waals surface area contributed by atoms with Crippen molar-refractivity contribution in [2.24, 2.45) is 0 Å². The molecule has 0 radical (unpaired) electrons. The molecule has 0 aliphatic carbocycles. The Kier molecular flexibility index (Phi) is 7.92. The van der Waals surface area contributed by atoms with E-state index >= 15 is 4.39 Å². The van der Waals surface area contributed by atoms with Crippen LogP contribution < -0.4 is 20.4 Å². The lowest BCUT2D eigenvalue weighted by Crippen LogP contribution is -2.44. The molecule has 0 spiro atoms. The van der Waals surface area contributed by atoms with E-state index in [-0.39, 0.29) is 11.3 Å². The summed E-state index contributed by atoms with van der Waals surface area (Å²) in [5.74, 6) is -1.18. The molecule has 1 amide bonds. The third kappa shape index (κ3) is 6.03. The highest BCUT2D eigenvalue weighted by atomic mass is 19.4. The first-order valence-electron chi connectivity index (χ1n) is 12.8. The molecule has 0 saturated carbocycles. The summed E-state index contributed by atoms with van der Waals surface area (Å²) in [5.41, 5.74) is -1.07. The van der Waals surface area contributed by atoms with Gasteiger partial charge in [-0.3, -0.25) is 4.79 Å². The average Bonchev–Trinajstić information content (AvgIpc) is 2.94. The van der Waals surface area contributed by atoms with Gasteiger partial charge in [0.05, 0.1) is 35.7 Å². The van der Waals surface area contributed by atoms with Crippen LogP contribution in [0, 0.1) is 5.82 Å². The second-order valence-electron chi connectivity index (χ2n) is 9.71. The summed E-state index contributed by atoms with van der Waals surface area (Å²) in [6.45, 7) is 4.77. The Morgan fingerprint density at radius 3 is 2.40 bits per heavy atom. The molecular formula is C26H29F4N7O3. The first-order chi connectivity index (χ1) is 19.1. The van der Waals surface area contributed by atoms with E-state index in [0.717, 1.165) is 6.20 Å². The molecule has 1 atom stereocenters. The standard InChI is InChI=1S/C26H29F4N7O3/c1-35-2-4-36(5-3-35)22-12-20(27)17(16-13-32-25(33-14-16)37-6-8-40-9-7-37)10-21(22)34-24(39)18-15-31-23(38)11-19(18)26(28,29)30/h10-15,23,31,38H,2-9H2,1H3,(H,34,39). The fraction of sp³-hybridized carbons (Fsp3) is 0.423. The minimum atomic E-state index is -4.87. The van der Waals surface area contributed by atoms with Crippen molar-refractivity contribution in [2.45, 2.75) is 12.4 Å². The summed E-state index contributed by atoms with van der Waals surface area (Å²) < 4.78 is 61.8. The number of morpholine rings is 1. The normalized spacial score (nSPS) is 20.5. The van der Waals surface area contributed by atoms with Crippen molar-refractivity contribution in [3.8, 4) is 11.1 Å². The number of hydrogen-bond donors (Lipinski definition) is 3. The number of alkyl halides is 3. The van der Waals surface area contributed by atoms with E-state index in [1.807, 2.05) is 16.8 Å². The summed E-state index contributed by atoms with van der Waals surface area (Å²) in [7, 11) is 1.95. The fourth-order valence-corrected chi connectivity index (χ4v) is 4.75. The van der Waals surface area contributed by atoms with Crippen molar-refractivity contribution >= 4 is 23.2 Å². The second kappa shape index (κ2) is 11.4. The smallest absolute Gasteiger partial charge is 0.378 e. The van der Waals surface area contributed by atoms with Gasteiger partial charge in [0.2, 0.25) is 5.95 Å². The van der Waals surface area contributed by atoms with Crippen LogP contribution in [0.4, 0.5) is 34.9 Å². The highest BCUT2D eigenvalue weighted by Gasteiger charge is 2.40. The van der Waals surface area contributed by atoms with Crippen molar-refractivity contribution < 1.29 is 32.2 Å². The fourth-order valence-electron chi connectivity index (χ4n) is 4.75. The Hall–Kier alpha value is -3.75. The average molecular weight is 564 g/mol. The number of hydrogen-bond acceptors (Lipinski definition) is 9. The molecule has 1 aromatic carbocycles. The monoisotopic (exact) mass is 563 g/mol. The number of benzene rings is 1. The summed E-state index contributed by atoms with van der Waals surface area (Å²) in [5, 5.41) is 14.5. The zero-order valence-electron chi connectivity index (χ0n) is 21.7. The number of aromatic nitrogens is 2. The number of anilines is 3. The number of aliphatic hydroxyl groups excluding tert-OH is 1. The van der Waals surface area contributed by atoms with Gasteiger partial charge in [0, 0.05) is 69.0 Å². The quantitative estimate of drug-likeness (QED) is 0.472. The topological polar surface area (TPSA) is 106 Å². The summed E-state index contributed by atoms with van der Waals surface area (Å²) >= 11 is 0. The van der Waals surface area contributed by atoms with Crippen molar-refractivity contribution in [1.82, 2.24) is 20.2 Å². The SMILES string of the molecule is CN1CCN(c2cc(F)c(-c3cnc(N4CCOCC4)nc3)cc2NC(=O)C2=CNC(O)C=C2C(F)(F)F)CC1. The Balaban J connectivity index is 1.48. The highest BCUT2D eigenvalue weighted by Crippen LogP contribution is 2.37. The number of dihydropyridines is 1. The minimum absolute atomic E-state index is 0.0828. The lowest BCUT2D eigenvalue weighted by molar-refractivity contribution is -0.115. The second-order valence-corrected chi connectivity index (χ2v) is 9.71. The number of aliphatic hydroxyl groups is 1. The van der Waals surface area contributed by atoms with Gasteiger partial charge in [0.25, 0.3) is 5.91 Å². The van der Waals surface area contributed by atoms with Crippen LogP contribution in [0.3, 0.4) is 0 Å². The Morgan fingerprint density at radius 2 is 1.75 bits per heavy atom. The number of nitrogens with one attached hydrogen (secondary N) is 2. The molecule has 4 heterocycles. The number of nitrogens with zero attached hydrogens (tertiary/aromatic N) is 5. The first kappa shape index (κ1) is 27.8. The molecule has 2 aromatic rings. The maximum absolute atomic E-state index is 15.5. The maximum Gasteiger partial charge on any atom is 0.417 e. The van der Waals surface area contributed by atoms with Gasteiger partial charge in [0.1, 0.15) is 12.0 Å². The van der Waals surface area contributed by atoms with Crippen LogP contribution in [-0.2, 0) is 9.53 Å². The van der Waals surface area contributed by atoms with Crippen LogP contribution >= 0.6 is 0 Å². The number of ether oxygens (including phenoxy) is 1. The number of rotatable bonds is 5. The highest BCUT2D eigenvalue weighted by molar-refractivity contribution is 6.09. The van der Waals surface area contributed by atoms with Crippen LogP contribution in [0.5, 0.6) is 0 Å². The predicted octanol–water partition coefficient (Wildman–Crippen LogP) is 2.10. The number of likely N-dealkylation sites (N-methyl/N-ethyl adjacent to an activating group) is 1. The molecule has 3 aliphatic rings. The number of halogens is 4. The largest absolute Gasteiger partial charge is 0.417 e. The van der Waals surface area contributed by atoms with E-state index < -0.39 is 35.3 Å². The van der Waals surface area contributed by atoms with Crippen molar-refractivity contribution in [3.63, 3.8) is 0 Å². The molecule has 1 unspecified atom stereocenters. The molecule has 5 rings (SSSR count). The molecule has 3 aliphatic heterocycles. The number of amides is 1. The Morgan fingerprint density at radius 1 is 1.07 bits per heavy atom. The van der Waals surface area contributed by atoms with Crippen LogP contribution in [0.25, 0.3) is 11.1 Å². The van der Waals surface area contributed by atoms with Crippen LogP contribution in [0.2, 0.25) is 0 Å². The molecule has 10 nitrogen and oxygen atoms in total. The predicted molar refractivity (Wildman–Crippen MR) is 140 cm³/mol. The molecule has 2 fully saturated rings. The minimum Gasteiger partial charge on any atom is -0.378 e. The molecule has 214 valence electrons. The third-order valence-corrected chi connectivity index (χ3v) is 6.98. The van der Waals surface area contributed by atoms with E-state index in [1.54, 1.807) is 0 Å². The van der Waals surface area contributed by atoms with Gasteiger partial charge in [-0.25, -0.2) is 14.4 Å². The molecular weight excluding hydrogens is 534 g/mol. The summed E-state index contributed by atoms with van der Waals surface area (Å²) in [4.78, 5) is 27.8. The van der Waals surface area contributed by atoms with Crippen molar-refractivity contribution in [3.05, 3.63) is 53.8 Å². The van der Waals surface area contributed by atoms with Crippen molar-refractivity contribution in [1.29, 1.82) is 0 Å². The number of piperazine rings is 1. The van der Waals surface area contributed by atoms with Crippen molar-refractivity contribution in [2.75, 3.05) is 74.6 Å². The van der Waals surface area contributed by atoms with E-state index in [9.17, 15) is 23.1 Å². The Labute approximate surface area is 227 Å². The lowest BCUT2D eigenvalue weighted by Gasteiger charge is -2.35. The van der Waals surface area contributed by atoms with Gasteiger partial charge in [0.15, 0.2) is 0 Å². The number of carbonyl (C=O) groups excluding carboxylic acids is 1. The van der Waals surface area contributed by atoms with E-state index in [4.69, 9.17) is 4.74 Å².